The van der Waals surface area contributed by atoms with Gasteiger partial charge in [-0.05, 0) is 31.1 Å². The van der Waals surface area contributed by atoms with E-state index in [4.69, 9.17) is 4.74 Å². The van der Waals surface area contributed by atoms with E-state index in [1.54, 1.807) is 0 Å². The summed E-state index contributed by atoms with van der Waals surface area (Å²) < 4.78 is 6.09. The summed E-state index contributed by atoms with van der Waals surface area (Å²) in [6.07, 6.45) is 7.07. The third-order valence-corrected chi connectivity index (χ3v) is 4.25. The SMILES string of the molecule is CSC1(c2ccccc2)CCCCCO1. The molecule has 15 heavy (non-hydrogen) atoms. The smallest absolute Gasteiger partial charge is 0.138 e. The second-order valence-electron chi connectivity index (χ2n) is 3.98. The molecule has 1 nitrogen and oxygen atoms in total. The van der Waals surface area contributed by atoms with Gasteiger partial charge in [0.2, 0.25) is 0 Å². The van der Waals surface area contributed by atoms with Crippen molar-refractivity contribution >= 4 is 11.8 Å². The molecule has 0 amide bonds. The Morgan fingerprint density at radius 2 is 1.93 bits per heavy atom. The highest BCUT2D eigenvalue weighted by atomic mass is 32.2. The van der Waals surface area contributed by atoms with Gasteiger partial charge >= 0.3 is 0 Å². The third-order valence-electron chi connectivity index (χ3n) is 3.03. The van der Waals surface area contributed by atoms with Crippen molar-refractivity contribution in [2.45, 2.75) is 30.6 Å². The lowest BCUT2D eigenvalue weighted by molar-refractivity contribution is 0.0281. The van der Waals surface area contributed by atoms with Gasteiger partial charge in [0.1, 0.15) is 4.93 Å². The van der Waals surface area contributed by atoms with E-state index >= 15 is 0 Å². The summed E-state index contributed by atoms with van der Waals surface area (Å²) in [6, 6.07) is 10.6. The fourth-order valence-electron chi connectivity index (χ4n) is 2.14. The average Bonchev–Trinajstić information content (AvgIpc) is 2.56. The highest BCUT2D eigenvalue weighted by Crippen LogP contribution is 2.42. The van der Waals surface area contributed by atoms with E-state index < -0.39 is 0 Å². The minimum atomic E-state index is -0.0856. The van der Waals surface area contributed by atoms with Crippen molar-refractivity contribution in [3.8, 4) is 0 Å². The fraction of sp³-hybridized carbons (Fsp3) is 0.538. The van der Waals surface area contributed by atoms with Crippen molar-refractivity contribution in [3.63, 3.8) is 0 Å². The molecule has 0 aliphatic carbocycles. The van der Waals surface area contributed by atoms with E-state index in [1.165, 1.54) is 24.8 Å². The Hall–Kier alpha value is -0.470. The van der Waals surface area contributed by atoms with Gasteiger partial charge in [-0.25, -0.2) is 0 Å². The van der Waals surface area contributed by atoms with Gasteiger partial charge in [-0.2, -0.15) is 0 Å². The summed E-state index contributed by atoms with van der Waals surface area (Å²) in [6.45, 7) is 0.899. The van der Waals surface area contributed by atoms with Gasteiger partial charge in [-0.3, -0.25) is 0 Å². The molecule has 0 bridgehead atoms. The Kier molecular flexibility index (Phi) is 3.71. The number of benzene rings is 1. The molecule has 2 rings (SSSR count). The third kappa shape index (κ3) is 2.37. The predicted molar refractivity (Wildman–Crippen MR) is 66.1 cm³/mol. The Balaban J connectivity index is 2.27. The monoisotopic (exact) mass is 222 g/mol. The first kappa shape index (κ1) is 11.0. The lowest BCUT2D eigenvalue weighted by Crippen LogP contribution is -2.24. The number of thioether (sulfide) groups is 1. The number of rotatable bonds is 2. The molecule has 1 atom stereocenters. The molecule has 1 heterocycles. The van der Waals surface area contributed by atoms with Crippen LogP contribution in [-0.2, 0) is 9.67 Å². The van der Waals surface area contributed by atoms with E-state index in [1.807, 2.05) is 11.8 Å². The van der Waals surface area contributed by atoms with Crippen LogP contribution in [0.1, 0.15) is 31.2 Å². The summed E-state index contributed by atoms with van der Waals surface area (Å²) in [4.78, 5) is -0.0856. The van der Waals surface area contributed by atoms with Gasteiger partial charge in [0.25, 0.3) is 0 Å². The van der Waals surface area contributed by atoms with Crippen LogP contribution in [0.2, 0.25) is 0 Å². The molecule has 1 fully saturated rings. The summed E-state index contributed by atoms with van der Waals surface area (Å²) in [5, 5.41) is 0. The maximum atomic E-state index is 6.09. The van der Waals surface area contributed by atoms with Crippen LogP contribution in [0.15, 0.2) is 30.3 Å². The zero-order valence-electron chi connectivity index (χ0n) is 9.24. The fourth-order valence-corrected chi connectivity index (χ4v) is 3.07. The molecule has 0 spiro atoms. The highest BCUT2D eigenvalue weighted by molar-refractivity contribution is 7.99. The molecule has 1 aliphatic heterocycles. The molecular weight excluding hydrogens is 204 g/mol. The molecule has 0 aromatic heterocycles. The maximum Gasteiger partial charge on any atom is 0.138 e. The highest BCUT2D eigenvalue weighted by Gasteiger charge is 2.32. The van der Waals surface area contributed by atoms with Crippen LogP contribution in [0.25, 0.3) is 0 Å². The molecule has 1 saturated heterocycles. The Bertz CT molecular complexity index is 289. The zero-order valence-corrected chi connectivity index (χ0v) is 10.1. The number of hydrogen-bond donors (Lipinski definition) is 0. The molecule has 82 valence electrons. The molecule has 1 unspecified atom stereocenters. The molecular formula is C13H18OS. The first-order valence-corrected chi connectivity index (χ1v) is 6.84. The van der Waals surface area contributed by atoms with E-state index in [9.17, 15) is 0 Å². The molecule has 0 saturated carbocycles. The maximum absolute atomic E-state index is 6.09. The second kappa shape index (κ2) is 5.04. The van der Waals surface area contributed by atoms with Gasteiger partial charge in [0.05, 0.1) is 0 Å². The Morgan fingerprint density at radius 1 is 1.13 bits per heavy atom. The van der Waals surface area contributed by atoms with Crippen LogP contribution in [-0.4, -0.2) is 12.9 Å². The lowest BCUT2D eigenvalue weighted by atomic mass is 10.0. The van der Waals surface area contributed by atoms with E-state index in [2.05, 4.69) is 36.6 Å². The van der Waals surface area contributed by atoms with E-state index in [0.717, 1.165) is 13.0 Å². The van der Waals surface area contributed by atoms with Gasteiger partial charge in [-0.15, -0.1) is 11.8 Å². The topological polar surface area (TPSA) is 9.23 Å². The lowest BCUT2D eigenvalue weighted by Gasteiger charge is -2.31. The van der Waals surface area contributed by atoms with Gasteiger partial charge in [0.15, 0.2) is 0 Å². The van der Waals surface area contributed by atoms with Gasteiger partial charge in [0, 0.05) is 6.61 Å². The second-order valence-corrected chi connectivity index (χ2v) is 5.05. The van der Waals surface area contributed by atoms with Crippen molar-refractivity contribution in [1.29, 1.82) is 0 Å². The molecule has 0 radical (unpaired) electrons. The minimum absolute atomic E-state index is 0.0856. The first-order valence-electron chi connectivity index (χ1n) is 5.62. The molecule has 2 heteroatoms. The average molecular weight is 222 g/mol. The quantitative estimate of drug-likeness (QED) is 0.753. The largest absolute Gasteiger partial charge is 0.360 e. The van der Waals surface area contributed by atoms with Crippen molar-refractivity contribution in [1.82, 2.24) is 0 Å². The number of ether oxygens (including phenoxy) is 1. The van der Waals surface area contributed by atoms with Crippen LogP contribution in [0.5, 0.6) is 0 Å². The van der Waals surface area contributed by atoms with Crippen molar-refractivity contribution < 1.29 is 4.74 Å². The van der Waals surface area contributed by atoms with Crippen molar-refractivity contribution in [3.05, 3.63) is 35.9 Å². The molecule has 0 N–H and O–H groups in total. The van der Waals surface area contributed by atoms with Crippen LogP contribution in [0.3, 0.4) is 0 Å². The van der Waals surface area contributed by atoms with Gasteiger partial charge < -0.3 is 4.74 Å². The van der Waals surface area contributed by atoms with Crippen LogP contribution in [0.4, 0.5) is 0 Å². The van der Waals surface area contributed by atoms with Crippen LogP contribution < -0.4 is 0 Å². The van der Waals surface area contributed by atoms with Gasteiger partial charge in [-0.1, -0.05) is 36.8 Å². The Morgan fingerprint density at radius 3 is 2.67 bits per heavy atom. The summed E-state index contributed by atoms with van der Waals surface area (Å²) in [7, 11) is 0. The summed E-state index contributed by atoms with van der Waals surface area (Å²) >= 11 is 1.84. The van der Waals surface area contributed by atoms with Crippen molar-refractivity contribution in [2.75, 3.05) is 12.9 Å². The van der Waals surface area contributed by atoms with Crippen molar-refractivity contribution in [2.24, 2.45) is 0 Å². The summed E-state index contributed by atoms with van der Waals surface area (Å²) in [5.41, 5.74) is 1.32. The summed E-state index contributed by atoms with van der Waals surface area (Å²) in [5.74, 6) is 0. The Labute approximate surface area is 96.2 Å². The van der Waals surface area contributed by atoms with E-state index in [-0.39, 0.29) is 4.93 Å². The molecule has 1 aromatic carbocycles. The molecule has 1 aliphatic rings. The normalized spacial score (nSPS) is 27.3. The minimum Gasteiger partial charge on any atom is -0.360 e. The van der Waals surface area contributed by atoms with Crippen LogP contribution >= 0.6 is 11.8 Å². The standard InChI is InChI=1S/C13H18OS/c1-15-13(10-6-3-7-11-14-13)12-8-4-2-5-9-12/h2,4-5,8-9H,3,6-7,10-11H2,1H3. The molecule has 1 aromatic rings. The first-order chi connectivity index (χ1) is 7.37. The predicted octanol–water partition coefficient (Wildman–Crippen LogP) is 3.79. The zero-order chi connectivity index (χ0) is 10.6. The number of hydrogen-bond acceptors (Lipinski definition) is 2. The van der Waals surface area contributed by atoms with Crippen LogP contribution in [0, 0.1) is 0 Å². The van der Waals surface area contributed by atoms with E-state index in [0.29, 0.717) is 0 Å².